The van der Waals surface area contributed by atoms with E-state index in [-0.39, 0.29) is 17.7 Å². The van der Waals surface area contributed by atoms with E-state index in [0.29, 0.717) is 32.7 Å². The Hall–Kier alpha value is -1.88. The van der Waals surface area contributed by atoms with Gasteiger partial charge in [0, 0.05) is 39.8 Å². The average Bonchev–Trinajstić information content (AvgIpc) is 2.91. The Kier molecular flexibility index (Phi) is 6.40. The number of methoxy groups -OCH3 is 1. The van der Waals surface area contributed by atoms with Crippen LogP contribution in [0.15, 0.2) is 30.3 Å². The van der Waals surface area contributed by atoms with Crippen LogP contribution in [0, 0.1) is 5.92 Å². The van der Waals surface area contributed by atoms with Crippen LogP contribution in [0.3, 0.4) is 0 Å². The second-order valence-electron chi connectivity index (χ2n) is 5.61. The van der Waals surface area contributed by atoms with Crippen molar-refractivity contribution in [1.82, 2.24) is 10.2 Å². The summed E-state index contributed by atoms with van der Waals surface area (Å²) in [7, 11) is 1.64. The Morgan fingerprint density at radius 1 is 1.36 bits per heavy atom. The Morgan fingerprint density at radius 2 is 2.14 bits per heavy atom. The average molecular weight is 304 g/mol. The minimum atomic E-state index is -0.217. The molecule has 1 aromatic rings. The van der Waals surface area contributed by atoms with E-state index in [2.05, 4.69) is 17.4 Å². The van der Waals surface area contributed by atoms with Crippen LogP contribution in [0.5, 0.6) is 0 Å². The minimum absolute atomic E-state index is 0.0216. The summed E-state index contributed by atoms with van der Waals surface area (Å²) in [5.41, 5.74) is 1.21. The fourth-order valence-corrected chi connectivity index (χ4v) is 2.65. The van der Waals surface area contributed by atoms with Crippen molar-refractivity contribution in [2.24, 2.45) is 5.92 Å². The third kappa shape index (κ3) is 4.84. The molecule has 0 bridgehead atoms. The first-order valence-electron chi connectivity index (χ1n) is 7.79. The fraction of sp³-hybridized carbons (Fsp3) is 0.529. The number of ether oxygens (including phenoxy) is 1. The number of benzene rings is 1. The molecule has 5 heteroatoms. The third-order valence-corrected chi connectivity index (χ3v) is 3.92. The molecule has 1 fully saturated rings. The van der Waals surface area contributed by atoms with Crippen LogP contribution in [0.25, 0.3) is 0 Å². The van der Waals surface area contributed by atoms with Gasteiger partial charge in [-0.1, -0.05) is 30.3 Å². The van der Waals surface area contributed by atoms with E-state index in [1.54, 1.807) is 12.0 Å². The molecule has 1 aliphatic heterocycles. The molecule has 0 saturated carbocycles. The van der Waals surface area contributed by atoms with Crippen molar-refractivity contribution in [3.05, 3.63) is 35.9 Å². The van der Waals surface area contributed by atoms with Gasteiger partial charge in [-0.05, 0) is 18.4 Å². The maximum Gasteiger partial charge on any atom is 0.225 e. The molecule has 120 valence electrons. The summed E-state index contributed by atoms with van der Waals surface area (Å²) < 4.78 is 4.94. The van der Waals surface area contributed by atoms with Gasteiger partial charge in [0.15, 0.2) is 0 Å². The van der Waals surface area contributed by atoms with Gasteiger partial charge in [-0.15, -0.1) is 0 Å². The maximum atomic E-state index is 12.0. The van der Waals surface area contributed by atoms with Gasteiger partial charge in [0.2, 0.25) is 11.8 Å². The minimum Gasteiger partial charge on any atom is -0.385 e. The highest BCUT2D eigenvalue weighted by molar-refractivity contribution is 5.89. The van der Waals surface area contributed by atoms with Crippen LogP contribution < -0.4 is 5.32 Å². The molecule has 22 heavy (non-hydrogen) atoms. The Bertz CT molecular complexity index is 490. The molecule has 1 unspecified atom stereocenters. The highest BCUT2D eigenvalue weighted by atomic mass is 16.5. The quantitative estimate of drug-likeness (QED) is 0.735. The molecule has 2 amide bonds. The maximum absolute atomic E-state index is 12.0. The van der Waals surface area contributed by atoms with Crippen molar-refractivity contribution >= 4 is 11.8 Å². The van der Waals surface area contributed by atoms with Gasteiger partial charge < -0.3 is 15.0 Å². The van der Waals surface area contributed by atoms with E-state index >= 15 is 0 Å². The van der Waals surface area contributed by atoms with E-state index in [9.17, 15) is 9.59 Å². The van der Waals surface area contributed by atoms with Crippen molar-refractivity contribution in [3.8, 4) is 0 Å². The van der Waals surface area contributed by atoms with Crippen molar-refractivity contribution in [3.63, 3.8) is 0 Å². The van der Waals surface area contributed by atoms with Crippen LogP contribution in [-0.2, 0) is 20.7 Å². The Labute approximate surface area is 131 Å². The van der Waals surface area contributed by atoms with Crippen LogP contribution in [0.1, 0.15) is 18.4 Å². The van der Waals surface area contributed by atoms with Gasteiger partial charge in [-0.3, -0.25) is 9.59 Å². The van der Waals surface area contributed by atoms with Gasteiger partial charge >= 0.3 is 0 Å². The predicted molar refractivity (Wildman–Crippen MR) is 84.3 cm³/mol. The summed E-state index contributed by atoms with van der Waals surface area (Å²) in [4.78, 5) is 25.9. The Balaban J connectivity index is 1.74. The number of carbonyl (C=O) groups excluding carboxylic acids is 2. The topological polar surface area (TPSA) is 58.6 Å². The summed E-state index contributed by atoms with van der Waals surface area (Å²) in [5, 5.41) is 2.88. The first kappa shape index (κ1) is 16.5. The van der Waals surface area contributed by atoms with E-state index in [0.717, 1.165) is 12.8 Å². The lowest BCUT2D eigenvalue weighted by atomic mass is 10.1. The van der Waals surface area contributed by atoms with Crippen LogP contribution in [-0.4, -0.2) is 50.1 Å². The number of hydrogen-bond acceptors (Lipinski definition) is 3. The second kappa shape index (κ2) is 8.54. The number of carbonyl (C=O) groups is 2. The van der Waals surface area contributed by atoms with Gasteiger partial charge in [0.05, 0.1) is 5.92 Å². The number of nitrogens with zero attached hydrogens (tertiary/aromatic N) is 1. The van der Waals surface area contributed by atoms with E-state index in [1.165, 1.54) is 5.56 Å². The van der Waals surface area contributed by atoms with Crippen molar-refractivity contribution in [2.75, 3.05) is 33.4 Å². The number of amides is 2. The normalized spacial score (nSPS) is 17.8. The molecule has 1 saturated heterocycles. The molecule has 1 aliphatic rings. The highest BCUT2D eigenvalue weighted by Crippen LogP contribution is 2.18. The fourth-order valence-electron chi connectivity index (χ4n) is 2.65. The van der Waals surface area contributed by atoms with Gasteiger partial charge in [0.25, 0.3) is 0 Å². The van der Waals surface area contributed by atoms with E-state index in [1.807, 2.05) is 18.2 Å². The molecule has 1 atom stereocenters. The molecular formula is C17H24N2O3. The van der Waals surface area contributed by atoms with Crippen LogP contribution >= 0.6 is 0 Å². The third-order valence-electron chi connectivity index (χ3n) is 3.92. The van der Waals surface area contributed by atoms with Gasteiger partial charge in [-0.2, -0.15) is 0 Å². The molecule has 0 aromatic heterocycles. The number of nitrogens with one attached hydrogen (secondary N) is 1. The molecule has 0 aliphatic carbocycles. The molecule has 1 N–H and O–H groups in total. The van der Waals surface area contributed by atoms with Gasteiger partial charge in [0.1, 0.15) is 0 Å². The van der Waals surface area contributed by atoms with Crippen molar-refractivity contribution < 1.29 is 14.3 Å². The first-order valence-corrected chi connectivity index (χ1v) is 7.79. The standard InChI is InChI=1S/C17H24N2O3/c1-22-11-5-9-18-17(21)15-12-16(20)19(13-15)10-8-14-6-3-2-4-7-14/h2-4,6-7,15H,5,8-13H2,1H3,(H,18,21). The van der Waals surface area contributed by atoms with E-state index < -0.39 is 0 Å². The smallest absolute Gasteiger partial charge is 0.225 e. The second-order valence-corrected chi connectivity index (χ2v) is 5.61. The summed E-state index contributed by atoms with van der Waals surface area (Å²) in [6, 6.07) is 10.1. The lowest BCUT2D eigenvalue weighted by molar-refractivity contribution is -0.129. The number of likely N-dealkylation sites (tertiary alicyclic amines) is 1. The number of hydrogen-bond donors (Lipinski definition) is 1. The van der Waals surface area contributed by atoms with Crippen LogP contribution in [0.4, 0.5) is 0 Å². The molecule has 5 nitrogen and oxygen atoms in total. The molecule has 0 radical (unpaired) electrons. The summed E-state index contributed by atoms with van der Waals surface area (Å²) in [6.07, 6.45) is 1.94. The SMILES string of the molecule is COCCCNC(=O)C1CC(=O)N(CCc2ccccc2)C1. The largest absolute Gasteiger partial charge is 0.385 e. The van der Waals surface area contributed by atoms with Crippen molar-refractivity contribution in [2.45, 2.75) is 19.3 Å². The zero-order valence-electron chi connectivity index (χ0n) is 13.1. The predicted octanol–water partition coefficient (Wildman–Crippen LogP) is 1.23. The van der Waals surface area contributed by atoms with Gasteiger partial charge in [-0.25, -0.2) is 0 Å². The summed E-state index contributed by atoms with van der Waals surface area (Å²) in [6.45, 7) is 2.44. The Morgan fingerprint density at radius 3 is 2.86 bits per heavy atom. The molecule has 2 rings (SSSR count). The van der Waals surface area contributed by atoms with Crippen LogP contribution in [0.2, 0.25) is 0 Å². The molecule has 1 aromatic carbocycles. The molecule has 0 spiro atoms. The highest BCUT2D eigenvalue weighted by Gasteiger charge is 2.33. The molecular weight excluding hydrogens is 280 g/mol. The van der Waals surface area contributed by atoms with Crippen molar-refractivity contribution in [1.29, 1.82) is 0 Å². The first-order chi connectivity index (χ1) is 10.7. The zero-order valence-corrected chi connectivity index (χ0v) is 13.1. The van der Waals surface area contributed by atoms with E-state index in [4.69, 9.17) is 4.74 Å². The lowest BCUT2D eigenvalue weighted by Gasteiger charge is -2.16. The molecule has 1 heterocycles. The monoisotopic (exact) mass is 304 g/mol. The summed E-state index contributed by atoms with van der Waals surface area (Å²) >= 11 is 0. The zero-order chi connectivity index (χ0) is 15.8. The summed E-state index contributed by atoms with van der Waals surface area (Å²) in [5.74, 6) is -0.162. The number of rotatable bonds is 8. The lowest BCUT2D eigenvalue weighted by Crippen LogP contribution is -2.34.